The van der Waals surface area contributed by atoms with Crippen LogP contribution in [-0.4, -0.2) is 40.8 Å². The van der Waals surface area contributed by atoms with Crippen LogP contribution in [0.1, 0.15) is 26.2 Å². The molecule has 33 heavy (non-hydrogen) atoms. The molecule has 0 amide bonds. The molecule has 1 aromatic heterocycles. The highest BCUT2D eigenvalue weighted by molar-refractivity contribution is 7.92. The molecule has 176 valence electrons. The molecule has 0 aliphatic carbocycles. The molecular weight excluding hydrogens is 468 g/mol. The summed E-state index contributed by atoms with van der Waals surface area (Å²) in [6.07, 6.45) is 2.52. The maximum atomic E-state index is 13.3. The van der Waals surface area contributed by atoms with E-state index in [1.165, 1.54) is 52.8 Å². The maximum absolute atomic E-state index is 13.3. The van der Waals surface area contributed by atoms with Gasteiger partial charge >= 0.3 is 5.63 Å². The molecule has 1 N–H and O–H groups in total. The molecule has 9 nitrogen and oxygen atoms in total. The van der Waals surface area contributed by atoms with Crippen molar-refractivity contribution in [3.63, 3.8) is 0 Å². The van der Waals surface area contributed by atoms with Crippen LogP contribution in [0.2, 0.25) is 0 Å². The van der Waals surface area contributed by atoms with E-state index >= 15 is 0 Å². The highest BCUT2D eigenvalue weighted by Gasteiger charge is 2.30. The lowest BCUT2D eigenvalue weighted by molar-refractivity contribution is 0.323. The van der Waals surface area contributed by atoms with Crippen molar-refractivity contribution in [2.24, 2.45) is 0 Å². The Morgan fingerprint density at radius 2 is 1.73 bits per heavy atom. The minimum absolute atomic E-state index is 0.0572. The summed E-state index contributed by atoms with van der Waals surface area (Å²) in [5.74, 6) is 0.173. The van der Waals surface area contributed by atoms with E-state index in [4.69, 9.17) is 9.15 Å². The van der Waals surface area contributed by atoms with Gasteiger partial charge in [-0.3, -0.25) is 4.72 Å². The van der Waals surface area contributed by atoms with E-state index in [1.54, 1.807) is 6.92 Å². The zero-order valence-corrected chi connectivity index (χ0v) is 19.6. The van der Waals surface area contributed by atoms with Crippen LogP contribution in [0.15, 0.2) is 67.5 Å². The summed E-state index contributed by atoms with van der Waals surface area (Å²) in [6.45, 7) is 2.84. The van der Waals surface area contributed by atoms with Crippen LogP contribution in [0.3, 0.4) is 0 Å². The van der Waals surface area contributed by atoms with Crippen molar-refractivity contribution in [2.45, 2.75) is 36.0 Å². The third-order valence-electron chi connectivity index (χ3n) is 5.33. The summed E-state index contributed by atoms with van der Waals surface area (Å²) < 4.78 is 66.9. The van der Waals surface area contributed by atoms with Gasteiger partial charge in [-0.2, -0.15) is 4.31 Å². The second kappa shape index (κ2) is 9.16. The molecule has 1 fully saturated rings. The zero-order valence-electron chi connectivity index (χ0n) is 18.0. The molecule has 4 rings (SSSR count). The first-order chi connectivity index (χ1) is 15.7. The van der Waals surface area contributed by atoms with E-state index in [1.807, 2.05) is 0 Å². The van der Waals surface area contributed by atoms with E-state index in [2.05, 4.69) is 4.72 Å². The maximum Gasteiger partial charge on any atom is 0.336 e. The Hall–Kier alpha value is -2.89. The number of hydrogen-bond donors (Lipinski definition) is 1. The van der Waals surface area contributed by atoms with Crippen molar-refractivity contribution >= 4 is 36.7 Å². The van der Waals surface area contributed by atoms with E-state index in [-0.39, 0.29) is 33.4 Å². The van der Waals surface area contributed by atoms with Gasteiger partial charge in [-0.25, -0.2) is 21.6 Å². The van der Waals surface area contributed by atoms with Gasteiger partial charge in [0.25, 0.3) is 10.0 Å². The third kappa shape index (κ3) is 4.90. The summed E-state index contributed by atoms with van der Waals surface area (Å²) >= 11 is 0. The summed E-state index contributed by atoms with van der Waals surface area (Å²) in [5.41, 5.74) is -0.181. The third-order valence-corrected chi connectivity index (χ3v) is 8.63. The van der Waals surface area contributed by atoms with Crippen LogP contribution in [0.25, 0.3) is 11.0 Å². The monoisotopic (exact) mass is 492 g/mol. The lowest BCUT2D eigenvalue weighted by Crippen LogP contribution is -2.35. The van der Waals surface area contributed by atoms with Crippen molar-refractivity contribution < 1.29 is 26.0 Å². The molecule has 0 saturated carbocycles. The fraction of sp³-hybridized carbons (Fsp3) is 0.318. The van der Waals surface area contributed by atoms with Gasteiger partial charge in [-0.1, -0.05) is 6.42 Å². The van der Waals surface area contributed by atoms with Gasteiger partial charge < -0.3 is 9.15 Å². The van der Waals surface area contributed by atoms with Crippen LogP contribution in [-0.2, 0) is 20.0 Å². The number of anilines is 1. The van der Waals surface area contributed by atoms with Gasteiger partial charge in [-0.05, 0) is 62.2 Å². The number of ether oxygens (including phenoxy) is 1. The average molecular weight is 493 g/mol. The first kappa shape index (κ1) is 23.3. The number of benzene rings is 2. The van der Waals surface area contributed by atoms with Crippen LogP contribution >= 0.6 is 0 Å². The molecule has 0 atom stereocenters. The van der Waals surface area contributed by atoms with Gasteiger partial charge in [0.15, 0.2) is 0 Å². The zero-order chi connectivity index (χ0) is 23.6. The Balaban J connectivity index is 1.70. The minimum Gasteiger partial charge on any atom is -0.492 e. The molecule has 0 bridgehead atoms. The molecule has 2 heterocycles. The standard InChI is InChI=1S/C22H24N2O7S2/c1-2-30-20-9-7-17(15-21(20)33(28,29)24-12-4-3-5-13-24)23-32(26,27)18-8-10-19-16(14-18)6-11-22(25)31-19/h6-11,14-15,23H,2-5,12-13H2,1H3. The van der Waals surface area contributed by atoms with Crippen LogP contribution in [0.4, 0.5) is 5.69 Å². The summed E-state index contributed by atoms with van der Waals surface area (Å²) in [4.78, 5) is 11.2. The smallest absolute Gasteiger partial charge is 0.336 e. The minimum atomic E-state index is -4.05. The van der Waals surface area contributed by atoms with E-state index in [0.717, 1.165) is 19.3 Å². The molecule has 1 aliphatic heterocycles. The first-order valence-corrected chi connectivity index (χ1v) is 13.5. The largest absolute Gasteiger partial charge is 0.492 e. The highest BCUT2D eigenvalue weighted by atomic mass is 32.2. The van der Waals surface area contributed by atoms with Gasteiger partial charge in [0.1, 0.15) is 16.2 Å². The first-order valence-electron chi connectivity index (χ1n) is 10.5. The van der Waals surface area contributed by atoms with Crippen LogP contribution in [0.5, 0.6) is 5.75 Å². The molecule has 1 aliphatic rings. The number of nitrogens with zero attached hydrogens (tertiary/aromatic N) is 1. The Bertz CT molecular complexity index is 1440. The van der Waals surface area contributed by atoms with E-state index in [9.17, 15) is 21.6 Å². The van der Waals surface area contributed by atoms with Gasteiger partial charge in [0.2, 0.25) is 10.0 Å². The summed E-state index contributed by atoms with van der Waals surface area (Å²) in [6, 6.07) is 11.0. The van der Waals surface area contributed by atoms with Crippen molar-refractivity contribution in [1.29, 1.82) is 0 Å². The molecule has 3 aromatic rings. The van der Waals surface area contributed by atoms with Crippen molar-refractivity contribution in [3.8, 4) is 5.75 Å². The lowest BCUT2D eigenvalue weighted by Gasteiger charge is -2.27. The molecule has 11 heteroatoms. The van der Waals surface area contributed by atoms with Gasteiger partial charge in [0, 0.05) is 24.5 Å². The molecule has 1 saturated heterocycles. The van der Waals surface area contributed by atoms with Gasteiger partial charge in [-0.15, -0.1) is 0 Å². The Labute approximate surface area is 192 Å². The second-order valence-electron chi connectivity index (χ2n) is 7.62. The normalized spacial score (nSPS) is 15.4. The van der Waals surface area contributed by atoms with Crippen LogP contribution in [0, 0.1) is 0 Å². The fourth-order valence-corrected chi connectivity index (χ4v) is 6.48. The fourth-order valence-electron chi connectivity index (χ4n) is 3.72. The SMILES string of the molecule is CCOc1ccc(NS(=O)(=O)c2ccc3oc(=O)ccc3c2)cc1S(=O)(=O)N1CCCCC1. The number of sulfonamides is 2. The van der Waals surface area contributed by atoms with E-state index in [0.29, 0.717) is 18.5 Å². The topological polar surface area (TPSA) is 123 Å². The van der Waals surface area contributed by atoms with E-state index < -0.39 is 25.7 Å². The second-order valence-corrected chi connectivity index (χ2v) is 11.2. The average Bonchev–Trinajstić information content (AvgIpc) is 2.80. The lowest BCUT2D eigenvalue weighted by atomic mass is 10.2. The number of rotatable bonds is 7. The molecule has 0 unspecified atom stereocenters. The number of nitrogens with one attached hydrogen (secondary N) is 1. The van der Waals surface area contributed by atoms with Crippen LogP contribution < -0.4 is 15.1 Å². The Morgan fingerprint density at radius 3 is 2.45 bits per heavy atom. The van der Waals surface area contributed by atoms with Crippen molar-refractivity contribution in [3.05, 3.63) is 59.0 Å². The summed E-state index contributed by atoms with van der Waals surface area (Å²) in [5, 5.41) is 0.442. The predicted molar refractivity (Wildman–Crippen MR) is 124 cm³/mol. The van der Waals surface area contributed by atoms with Crippen molar-refractivity contribution in [1.82, 2.24) is 4.31 Å². The Kier molecular flexibility index (Phi) is 6.46. The molecule has 0 radical (unpaired) electrons. The molecule has 0 spiro atoms. The predicted octanol–water partition coefficient (Wildman–Crippen LogP) is 3.17. The molecule has 2 aromatic carbocycles. The summed E-state index contributed by atoms with van der Waals surface area (Å²) in [7, 11) is -7.91. The molecular formula is C22H24N2O7S2. The Morgan fingerprint density at radius 1 is 0.970 bits per heavy atom. The quantitative estimate of drug-likeness (QED) is 0.503. The highest BCUT2D eigenvalue weighted by Crippen LogP contribution is 2.32. The number of fused-ring (bicyclic) bond motifs is 1. The van der Waals surface area contributed by atoms with Gasteiger partial charge in [0.05, 0.1) is 17.2 Å². The number of hydrogen-bond acceptors (Lipinski definition) is 7. The number of piperidine rings is 1. The van der Waals surface area contributed by atoms with Crippen molar-refractivity contribution in [2.75, 3.05) is 24.4 Å².